The second-order valence-electron chi connectivity index (χ2n) is 7.14. The molecule has 1 aromatic carbocycles. The molecule has 1 aliphatic rings. The lowest BCUT2D eigenvalue weighted by atomic mass is 10.2. The fraction of sp³-hybridized carbons (Fsp3) is 0.273. The second kappa shape index (κ2) is 8.59. The predicted molar refractivity (Wildman–Crippen MR) is 120 cm³/mol. The maximum atomic E-state index is 13.3. The van der Waals surface area contributed by atoms with Crippen LogP contribution in [0.5, 0.6) is 0 Å². The molecular formula is C22H20N4O2S2. The SMILES string of the molecule is O=C(Cc1csc(-c2ccccn2)n1)N(CC1CCCO1)c1nc2ccccc2s1. The maximum absolute atomic E-state index is 13.3. The van der Waals surface area contributed by atoms with Gasteiger partial charge in [0.2, 0.25) is 5.91 Å². The molecule has 1 amide bonds. The van der Waals surface area contributed by atoms with Crippen molar-refractivity contribution in [1.82, 2.24) is 15.0 Å². The van der Waals surface area contributed by atoms with Crippen molar-refractivity contribution in [2.75, 3.05) is 18.1 Å². The van der Waals surface area contributed by atoms with Crippen molar-refractivity contribution in [3.05, 3.63) is 59.7 Å². The van der Waals surface area contributed by atoms with Gasteiger partial charge in [0.25, 0.3) is 0 Å². The van der Waals surface area contributed by atoms with Crippen LogP contribution in [-0.2, 0) is 16.0 Å². The molecule has 1 saturated heterocycles. The average Bonchev–Trinajstić information content (AvgIpc) is 3.53. The molecule has 1 unspecified atom stereocenters. The Hall–Kier alpha value is -2.68. The van der Waals surface area contributed by atoms with Gasteiger partial charge in [-0.3, -0.25) is 14.7 Å². The summed E-state index contributed by atoms with van der Waals surface area (Å²) in [5, 5.41) is 3.48. The number of ether oxygens (including phenoxy) is 1. The molecule has 0 aliphatic carbocycles. The number of aromatic nitrogens is 3. The van der Waals surface area contributed by atoms with E-state index < -0.39 is 0 Å². The minimum Gasteiger partial charge on any atom is -0.376 e. The molecule has 1 fully saturated rings. The van der Waals surface area contributed by atoms with Gasteiger partial charge in [-0.05, 0) is 37.1 Å². The van der Waals surface area contributed by atoms with E-state index in [0.717, 1.165) is 51.2 Å². The fourth-order valence-electron chi connectivity index (χ4n) is 3.50. The zero-order valence-electron chi connectivity index (χ0n) is 16.2. The van der Waals surface area contributed by atoms with Crippen molar-refractivity contribution in [1.29, 1.82) is 0 Å². The third-order valence-electron chi connectivity index (χ3n) is 4.99. The Morgan fingerprint density at radius 1 is 1.17 bits per heavy atom. The lowest BCUT2D eigenvalue weighted by molar-refractivity contribution is -0.118. The summed E-state index contributed by atoms with van der Waals surface area (Å²) in [6.45, 7) is 1.28. The van der Waals surface area contributed by atoms with Crippen LogP contribution in [0.2, 0.25) is 0 Å². The first-order valence-electron chi connectivity index (χ1n) is 9.89. The largest absolute Gasteiger partial charge is 0.376 e. The highest BCUT2D eigenvalue weighted by atomic mass is 32.1. The van der Waals surface area contributed by atoms with E-state index in [1.54, 1.807) is 22.4 Å². The van der Waals surface area contributed by atoms with E-state index in [9.17, 15) is 4.79 Å². The Morgan fingerprint density at radius 2 is 2.07 bits per heavy atom. The van der Waals surface area contributed by atoms with Crippen LogP contribution in [-0.4, -0.2) is 40.1 Å². The Bertz CT molecular complexity index is 1120. The number of hydrogen-bond acceptors (Lipinski definition) is 7. The first-order valence-corrected chi connectivity index (χ1v) is 11.6. The number of amides is 1. The van der Waals surface area contributed by atoms with Gasteiger partial charge in [-0.25, -0.2) is 9.97 Å². The summed E-state index contributed by atoms with van der Waals surface area (Å²) in [4.78, 5) is 28.8. The molecule has 1 atom stereocenters. The number of anilines is 1. The quantitative estimate of drug-likeness (QED) is 0.443. The molecule has 0 radical (unpaired) electrons. The summed E-state index contributed by atoms with van der Waals surface area (Å²) in [6.07, 6.45) is 4.03. The van der Waals surface area contributed by atoms with E-state index >= 15 is 0 Å². The molecule has 1 aliphatic heterocycles. The molecule has 6 nitrogen and oxygen atoms in total. The summed E-state index contributed by atoms with van der Waals surface area (Å²) < 4.78 is 6.88. The highest BCUT2D eigenvalue weighted by Gasteiger charge is 2.26. The normalized spacial score (nSPS) is 16.2. The van der Waals surface area contributed by atoms with Crippen molar-refractivity contribution < 1.29 is 9.53 Å². The number of carbonyl (C=O) groups excluding carboxylic acids is 1. The van der Waals surface area contributed by atoms with Crippen molar-refractivity contribution in [2.45, 2.75) is 25.4 Å². The maximum Gasteiger partial charge on any atom is 0.234 e. The summed E-state index contributed by atoms with van der Waals surface area (Å²) in [6, 6.07) is 13.7. The summed E-state index contributed by atoms with van der Waals surface area (Å²) >= 11 is 3.05. The van der Waals surface area contributed by atoms with Crippen molar-refractivity contribution in [3.63, 3.8) is 0 Å². The van der Waals surface area contributed by atoms with Crippen LogP contribution in [0, 0.1) is 0 Å². The molecule has 0 saturated carbocycles. The average molecular weight is 437 g/mol. The van der Waals surface area contributed by atoms with Gasteiger partial charge in [0.15, 0.2) is 5.13 Å². The van der Waals surface area contributed by atoms with Crippen LogP contribution >= 0.6 is 22.7 Å². The molecule has 0 spiro atoms. The van der Waals surface area contributed by atoms with E-state index in [4.69, 9.17) is 9.72 Å². The molecule has 5 rings (SSSR count). The molecule has 0 N–H and O–H groups in total. The number of fused-ring (bicyclic) bond motifs is 1. The number of thiazole rings is 2. The molecular weight excluding hydrogens is 416 g/mol. The molecule has 8 heteroatoms. The monoisotopic (exact) mass is 436 g/mol. The number of nitrogens with zero attached hydrogens (tertiary/aromatic N) is 4. The van der Waals surface area contributed by atoms with E-state index in [1.807, 2.05) is 47.8 Å². The van der Waals surface area contributed by atoms with Crippen LogP contribution in [0.15, 0.2) is 54.0 Å². The molecule has 4 heterocycles. The predicted octanol–water partition coefficient (Wildman–Crippen LogP) is 4.57. The minimum absolute atomic E-state index is 0.0116. The summed E-state index contributed by atoms with van der Waals surface area (Å²) in [7, 11) is 0. The number of carbonyl (C=O) groups is 1. The Morgan fingerprint density at radius 3 is 2.87 bits per heavy atom. The van der Waals surface area contributed by atoms with E-state index in [2.05, 4.69) is 9.97 Å². The van der Waals surface area contributed by atoms with Gasteiger partial charge < -0.3 is 4.74 Å². The topological polar surface area (TPSA) is 68.2 Å². The lowest BCUT2D eigenvalue weighted by Gasteiger charge is -2.22. The highest BCUT2D eigenvalue weighted by Crippen LogP contribution is 2.30. The second-order valence-corrected chi connectivity index (χ2v) is 9.01. The van der Waals surface area contributed by atoms with Gasteiger partial charge in [-0.2, -0.15) is 0 Å². The highest BCUT2D eigenvalue weighted by molar-refractivity contribution is 7.22. The van der Waals surface area contributed by atoms with Crippen molar-refractivity contribution in [2.24, 2.45) is 0 Å². The zero-order chi connectivity index (χ0) is 20.3. The van der Waals surface area contributed by atoms with Crippen molar-refractivity contribution in [3.8, 4) is 10.7 Å². The van der Waals surface area contributed by atoms with E-state index in [1.165, 1.54) is 11.3 Å². The summed E-state index contributed by atoms with van der Waals surface area (Å²) in [5.41, 5.74) is 2.49. The number of para-hydroxylation sites is 1. The van der Waals surface area contributed by atoms with Crippen molar-refractivity contribution >= 4 is 43.9 Å². The number of rotatable bonds is 6. The molecule has 0 bridgehead atoms. The lowest BCUT2D eigenvalue weighted by Crippen LogP contribution is -2.38. The van der Waals surface area contributed by atoms with E-state index in [-0.39, 0.29) is 18.4 Å². The first-order chi connectivity index (χ1) is 14.8. The smallest absolute Gasteiger partial charge is 0.234 e. The van der Waals surface area contributed by atoms with Crippen LogP contribution in [0.25, 0.3) is 20.9 Å². The molecule has 4 aromatic rings. The van der Waals surface area contributed by atoms with Crippen LogP contribution in [0.1, 0.15) is 18.5 Å². The third-order valence-corrected chi connectivity index (χ3v) is 6.97. The van der Waals surface area contributed by atoms with Crippen LogP contribution < -0.4 is 4.90 Å². The number of hydrogen-bond donors (Lipinski definition) is 0. The summed E-state index contributed by atoms with van der Waals surface area (Å²) in [5.74, 6) is -0.0116. The standard InChI is InChI=1S/C22H20N4O2S2/c27-20(12-15-14-29-21(24-15)18-8-3-4-10-23-18)26(13-16-6-5-11-28-16)22-25-17-7-1-2-9-19(17)30-22/h1-4,7-10,14,16H,5-6,11-13H2. The van der Waals surface area contributed by atoms with E-state index in [0.29, 0.717) is 6.54 Å². The van der Waals surface area contributed by atoms with Gasteiger partial charge in [0, 0.05) is 18.2 Å². The van der Waals surface area contributed by atoms with Gasteiger partial charge in [0.1, 0.15) is 5.01 Å². The van der Waals surface area contributed by atoms with Gasteiger partial charge >= 0.3 is 0 Å². The number of benzene rings is 1. The van der Waals surface area contributed by atoms with Crippen LogP contribution in [0.4, 0.5) is 5.13 Å². The molecule has 30 heavy (non-hydrogen) atoms. The Kier molecular flexibility index (Phi) is 5.52. The third kappa shape index (κ3) is 4.12. The Balaban J connectivity index is 1.39. The molecule has 3 aromatic heterocycles. The minimum atomic E-state index is -0.0116. The van der Waals surface area contributed by atoms with Gasteiger partial charge in [0.05, 0.1) is 40.7 Å². The molecule has 152 valence electrons. The first kappa shape index (κ1) is 19.3. The zero-order valence-corrected chi connectivity index (χ0v) is 17.9. The Labute approximate surface area is 182 Å². The number of pyridine rings is 1. The van der Waals surface area contributed by atoms with Gasteiger partial charge in [-0.15, -0.1) is 11.3 Å². The van der Waals surface area contributed by atoms with Crippen LogP contribution in [0.3, 0.4) is 0 Å². The fourth-order valence-corrected chi connectivity index (χ4v) is 5.29. The van der Waals surface area contributed by atoms with Gasteiger partial charge in [-0.1, -0.05) is 29.5 Å².